The average Bonchev–Trinajstić information content (AvgIpc) is 2.77. The van der Waals surface area contributed by atoms with E-state index in [0.29, 0.717) is 25.9 Å². The van der Waals surface area contributed by atoms with Crippen molar-refractivity contribution < 1.29 is 22.7 Å². The molecule has 3 heterocycles. The smallest absolute Gasteiger partial charge is 0.229 e. The van der Waals surface area contributed by atoms with Gasteiger partial charge in [-0.1, -0.05) is 0 Å². The molecular weight excluding hydrogens is 485 g/mol. The number of nitrogens with one attached hydrogen (secondary N) is 3. The molecule has 0 spiro atoms. The van der Waals surface area contributed by atoms with Crippen molar-refractivity contribution in [2.24, 2.45) is 0 Å². The number of anilines is 3. The van der Waals surface area contributed by atoms with Crippen LogP contribution in [0.4, 0.5) is 30.6 Å². The Bertz CT molecular complexity index is 1110. The third kappa shape index (κ3) is 6.82. The maximum Gasteiger partial charge on any atom is 0.229 e. The minimum atomic E-state index is -0.879. The van der Waals surface area contributed by atoms with Crippen LogP contribution in [0.2, 0.25) is 0 Å². The van der Waals surface area contributed by atoms with Crippen molar-refractivity contribution in [3.05, 3.63) is 35.8 Å². The molecule has 2 aromatic rings. The molecule has 0 unspecified atom stereocenters. The van der Waals surface area contributed by atoms with Gasteiger partial charge in [0, 0.05) is 67.8 Å². The second-order valence-corrected chi connectivity index (χ2v) is 11.2. The molecule has 0 radical (unpaired) electrons. The fraction of sp³-hybridized carbons (Fsp3) is 0.577. The molecule has 8 nitrogen and oxygen atoms in total. The van der Waals surface area contributed by atoms with Crippen molar-refractivity contribution >= 4 is 23.4 Å². The summed E-state index contributed by atoms with van der Waals surface area (Å²) in [4.78, 5) is 21.3. The Hall–Kier alpha value is -3.08. The molecule has 2 aliphatic heterocycles. The maximum absolute atomic E-state index is 14.8. The zero-order chi connectivity index (χ0) is 27.0. The molecule has 2 saturated heterocycles. The lowest BCUT2D eigenvalue weighted by atomic mass is 9.79. The number of piperidine rings is 2. The van der Waals surface area contributed by atoms with Gasteiger partial charge in [-0.25, -0.2) is 18.2 Å². The zero-order valence-corrected chi connectivity index (χ0v) is 21.9. The first-order valence-electron chi connectivity index (χ1n) is 12.6. The highest BCUT2D eigenvalue weighted by atomic mass is 19.1. The van der Waals surface area contributed by atoms with Gasteiger partial charge in [0.25, 0.3) is 0 Å². The minimum Gasteiger partial charge on any atom is -0.484 e. The molecule has 11 heteroatoms. The number of amides is 1. The van der Waals surface area contributed by atoms with Crippen LogP contribution in [0.3, 0.4) is 0 Å². The fourth-order valence-corrected chi connectivity index (χ4v) is 5.48. The zero-order valence-electron chi connectivity index (χ0n) is 21.9. The number of ether oxygens (including phenoxy) is 1. The number of rotatable bonds is 6. The number of hydrogen-bond donors (Lipinski definition) is 3. The lowest BCUT2D eigenvalue weighted by molar-refractivity contribution is -0.130. The van der Waals surface area contributed by atoms with Crippen molar-refractivity contribution in [1.29, 1.82) is 0 Å². The highest BCUT2D eigenvalue weighted by Gasteiger charge is 2.38. The van der Waals surface area contributed by atoms with E-state index in [4.69, 9.17) is 4.74 Å². The second kappa shape index (κ2) is 10.4. The number of nitrogens with zero attached hydrogens (tertiary/aromatic N) is 3. The van der Waals surface area contributed by atoms with Crippen LogP contribution in [0.25, 0.3) is 0 Å². The molecule has 1 aromatic heterocycles. The lowest BCUT2D eigenvalue weighted by Gasteiger charge is -2.46. The van der Waals surface area contributed by atoms with Gasteiger partial charge in [0.05, 0.1) is 6.20 Å². The van der Waals surface area contributed by atoms with Crippen LogP contribution in [0.1, 0.15) is 60.3 Å². The fourth-order valence-electron chi connectivity index (χ4n) is 5.48. The summed E-state index contributed by atoms with van der Waals surface area (Å²) in [6, 6.07) is 2.14. The molecule has 202 valence electrons. The van der Waals surface area contributed by atoms with Crippen LogP contribution in [0.5, 0.6) is 5.75 Å². The number of aromatic nitrogens is 2. The minimum absolute atomic E-state index is 0.000396. The number of carbonyl (C=O) groups is 1. The van der Waals surface area contributed by atoms with E-state index < -0.39 is 29.3 Å². The van der Waals surface area contributed by atoms with Gasteiger partial charge in [-0.05, 0) is 40.5 Å². The summed E-state index contributed by atoms with van der Waals surface area (Å²) in [6.45, 7) is 10.8. The number of carbonyl (C=O) groups excluding carboxylic acids is 1. The summed E-state index contributed by atoms with van der Waals surface area (Å²) in [7, 11) is 0. The average molecular weight is 521 g/mol. The highest BCUT2D eigenvalue weighted by molar-refractivity contribution is 5.73. The molecule has 37 heavy (non-hydrogen) atoms. The summed E-state index contributed by atoms with van der Waals surface area (Å²) >= 11 is 0. The Morgan fingerprint density at radius 3 is 2.22 bits per heavy atom. The normalized spacial score (nSPS) is 19.9. The monoisotopic (exact) mass is 520 g/mol. The van der Waals surface area contributed by atoms with Crippen LogP contribution in [0.15, 0.2) is 18.3 Å². The van der Waals surface area contributed by atoms with E-state index >= 15 is 0 Å². The van der Waals surface area contributed by atoms with Gasteiger partial charge < -0.3 is 25.6 Å². The van der Waals surface area contributed by atoms with Gasteiger partial charge in [-0.3, -0.25) is 4.79 Å². The van der Waals surface area contributed by atoms with Crippen molar-refractivity contribution in [3.63, 3.8) is 0 Å². The van der Waals surface area contributed by atoms with Crippen LogP contribution in [-0.4, -0.2) is 57.1 Å². The van der Waals surface area contributed by atoms with Crippen molar-refractivity contribution in [2.45, 2.75) is 83.5 Å². The Morgan fingerprint density at radius 1 is 1.05 bits per heavy atom. The van der Waals surface area contributed by atoms with E-state index in [2.05, 4.69) is 53.6 Å². The van der Waals surface area contributed by atoms with E-state index in [1.54, 1.807) is 4.90 Å². The Morgan fingerprint density at radius 2 is 1.65 bits per heavy atom. The first-order valence-corrected chi connectivity index (χ1v) is 12.6. The standard InChI is InChI=1S/C26H35F3N6O2/c1-15(36)35-8-6-18(7-9-35)37-22-19(27)10-16(11-20(22)28)32-24-30-14-21(29)23(33-24)31-17-12-25(2,3)34-26(4,5)13-17/h10-11,14,17-18,34H,6-9,12-13H2,1-5H3,(H2,30,31,32,33). The van der Waals surface area contributed by atoms with Crippen molar-refractivity contribution in [3.8, 4) is 5.75 Å². The lowest BCUT2D eigenvalue weighted by Crippen LogP contribution is -2.60. The van der Waals surface area contributed by atoms with E-state index in [1.807, 2.05) is 0 Å². The van der Waals surface area contributed by atoms with Gasteiger partial charge in [-0.15, -0.1) is 0 Å². The van der Waals surface area contributed by atoms with Gasteiger partial charge in [0.1, 0.15) is 6.10 Å². The van der Waals surface area contributed by atoms with Crippen LogP contribution in [0, 0.1) is 17.5 Å². The molecule has 2 aliphatic rings. The maximum atomic E-state index is 14.8. The van der Waals surface area contributed by atoms with Crippen LogP contribution >= 0.6 is 0 Å². The molecule has 4 rings (SSSR count). The molecule has 0 atom stereocenters. The van der Waals surface area contributed by atoms with E-state index in [-0.39, 0.29) is 40.5 Å². The summed E-state index contributed by atoms with van der Waals surface area (Å²) in [6.07, 6.45) is 3.12. The molecule has 0 saturated carbocycles. The van der Waals surface area contributed by atoms with Crippen LogP contribution in [-0.2, 0) is 4.79 Å². The molecule has 0 aliphatic carbocycles. The number of hydrogen-bond acceptors (Lipinski definition) is 7. The number of likely N-dealkylation sites (tertiary alicyclic amines) is 1. The van der Waals surface area contributed by atoms with Crippen LogP contribution < -0.4 is 20.7 Å². The molecule has 2 fully saturated rings. The predicted molar refractivity (Wildman–Crippen MR) is 135 cm³/mol. The quantitative estimate of drug-likeness (QED) is 0.507. The number of halogens is 3. The Labute approximate surface area is 215 Å². The SMILES string of the molecule is CC(=O)N1CCC(Oc2c(F)cc(Nc3ncc(F)c(NC4CC(C)(C)NC(C)(C)C4)n3)cc2F)CC1. The highest BCUT2D eigenvalue weighted by Crippen LogP contribution is 2.32. The Kier molecular flexibility index (Phi) is 7.55. The largest absolute Gasteiger partial charge is 0.484 e. The van der Waals surface area contributed by atoms with E-state index in [9.17, 15) is 18.0 Å². The van der Waals surface area contributed by atoms with Crippen molar-refractivity contribution in [1.82, 2.24) is 20.2 Å². The van der Waals surface area contributed by atoms with Crippen molar-refractivity contribution in [2.75, 3.05) is 23.7 Å². The third-order valence-corrected chi connectivity index (χ3v) is 6.70. The second-order valence-electron chi connectivity index (χ2n) is 11.2. The number of benzene rings is 1. The van der Waals surface area contributed by atoms with E-state index in [0.717, 1.165) is 31.2 Å². The Balaban J connectivity index is 1.44. The first kappa shape index (κ1) is 27.0. The third-order valence-electron chi connectivity index (χ3n) is 6.70. The molecular formula is C26H35F3N6O2. The summed E-state index contributed by atoms with van der Waals surface area (Å²) in [5.74, 6) is -2.85. The molecule has 3 N–H and O–H groups in total. The van der Waals surface area contributed by atoms with Gasteiger partial charge in [0.2, 0.25) is 11.9 Å². The first-order chi connectivity index (χ1) is 17.3. The topological polar surface area (TPSA) is 91.4 Å². The molecule has 1 amide bonds. The van der Waals surface area contributed by atoms with Gasteiger partial charge >= 0.3 is 0 Å². The summed E-state index contributed by atoms with van der Waals surface area (Å²) < 4.78 is 49.7. The summed E-state index contributed by atoms with van der Waals surface area (Å²) in [5.41, 5.74) is -0.226. The van der Waals surface area contributed by atoms with Gasteiger partial charge in [0.15, 0.2) is 29.0 Å². The van der Waals surface area contributed by atoms with E-state index in [1.165, 1.54) is 6.92 Å². The predicted octanol–water partition coefficient (Wildman–Crippen LogP) is 4.75. The summed E-state index contributed by atoms with van der Waals surface area (Å²) in [5, 5.41) is 9.50. The molecule has 0 bridgehead atoms. The molecule has 1 aromatic carbocycles. The van der Waals surface area contributed by atoms with Gasteiger partial charge in [-0.2, -0.15) is 4.98 Å².